The number of sulfonamides is 1. The zero-order valence-electron chi connectivity index (χ0n) is 11.2. The normalized spacial score (nSPS) is 18.3. The van der Waals surface area contributed by atoms with Crippen LogP contribution in [0.3, 0.4) is 0 Å². The van der Waals surface area contributed by atoms with Gasteiger partial charge in [0.15, 0.2) is 0 Å². The third kappa shape index (κ3) is 3.35. The summed E-state index contributed by atoms with van der Waals surface area (Å²) in [7, 11) is -3.76. The molecular weight excluding hydrogens is 283 g/mol. The quantitative estimate of drug-likeness (QED) is 0.879. The van der Waals surface area contributed by atoms with Crippen molar-refractivity contribution in [1.82, 2.24) is 4.31 Å². The van der Waals surface area contributed by atoms with Crippen LogP contribution < -0.4 is 5.73 Å². The monoisotopic (exact) mass is 302 g/mol. The zero-order valence-corrected chi connectivity index (χ0v) is 12.0. The minimum Gasteiger partial charge on any atom is -0.377 e. The van der Waals surface area contributed by atoms with Crippen molar-refractivity contribution >= 4 is 10.0 Å². The van der Waals surface area contributed by atoms with Crippen molar-refractivity contribution in [3.8, 4) is 0 Å². The van der Waals surface area contributed by atoms with Gasteiger partial charge in [-0.3, -0.25) is 0 Å². The van der Waals surface area contributed by atoms with Crippen LogP contribution in [-0.4, -0.2) is 45.1 Å². The fraction of sp³-hybridized carbons (Fsp3) is 0.538. The van der Waals surface area contributed by atoms with Gasteiger partial charge < -0.3 is 10.5 Å². The van der Waals surface area contributed by atoms with Gasteiger partial charge in [-0.1, -0.05) is 12.1 Å². The van der Waals surface area contributed by atoms with Crippen molar-refractivity contribution in [3.05, 3.63) is 30.1 Å². The molecule has 7 heteroatoms. The second-order valence-corrected chi connectivity index (χ2v) is 6.60. The van der Waals surface area contributed by atoms with E-state index in [9.17, 15) is 12.8 Å². The summed E-state index contributed by atoms with van der Waals surface area (Å²) in [4.78, 5) is -0.263. The molecule has 0 spiro atoms. The van der Waals surface area contributed by atoms with E-state index in [-0.39, 0.29) is 11.0 Å². The summed E-state index contributed by atoms with van der Waals surface area (Å²) in [5.41, 5.74) is 5.36. The molecule has 0 radical (unpaired) electrons. The molecule has 0 bridgehead atoms. The molecule has 2 N–H and O–H groups in total. The van der Waals surface area contributed by atoms with Crippen molar-refractivity contribution < 1.29 is 17.5 Å². The molecule has 5 nitrogen and oxygen atoms in total. The van der Waals surface area contributed by atoms with Crippen molar-refractivity contribution in [2.45, 2.75) is 23.8 Å². The van der Waals surface area contributed by atoms with E-state index in [2.05, 4.69) is 0 Å². The molecular formula is C13H19FN2O3S. The Morgan fingerprint density at radius 1 is 1.30 bits per heavy atom. The smallest absolute Gasteiger partial charge is 0.245 e. The summed E-state index contributed by atoms with van der Waals surface area (Å²) in [6.45, 7) is 1.61. The lowest BCUT2D eigenvalue weighted by Crippen LogP contribution is -2.41. The Kier molecular flexibility index (Phi) is 5.09. The van der Waals surface area contributed by atoms with Crippen molar-refractivity contribution in [2.24, 2.45) is 5.73 Å². The molecule has 1 aliphatic rings. The zero-order chi connectivity index (χ0) is 14.6. The lowest BCUT2D eigenvalue weighted by molar-refractivity contribution is 0.0257. The Balaban J connectivity index is 2.04. The van der Waals surface area contributed by atoms with Crippen LogP contribution in [0.4, 0.5) is 4.39 Å². The van der Waals surface area contributed by atoms with Gasteiger partial charge in [-0.2, -0.15) is 4.31 Å². The Labute approximate surface area is 118 Å². The highest BCUT2D eigenvalue weighted by Crippen LogP contribution is 2.23. The fourth-order valence-corrected chi connectivity index (χ4v) is 3.80. The van der Waals surface area contributed by atoms with E-state index in [1.807, 2.05) is 0 Å². The first-order chi connectivity index (χ1) is 9.55. The minimum absolute atomic E-state index is 0.0330. The maximum Gasteiger partial charge on any atom is 0.245 e. The molecule has 20 heavy (non-hydrogen) atoms. The Bertz CT molecular complexity index is 542. The third-order valence-corrected chi connectivity index (χ3v) is 5.26. The van der Waals surface area contributed by atoms with E-state index in [0.29, 0.717) is 39.1 Å². The van der Waals surface area contributed by atoms with Crippen LogP contribution in [0.2, 0.25) is 0 Å². The summed E-state index contributed by atoms with van der Waals surface area (Å²) in [6.07, 6.45) is 1.24. The largest absolute Gasteiger partial charge is 0.377 e. The summed E-state index contributed by atoms with van der Waals surface area (Å²) >= 11 is 0. The standard InChI is InChI=1S/C13H19FN2O3S/c14-12-3-1-2-4-13(12)20(17,18)16-8-5-11(6-9-16)19-10-7-15/h1-4,11H,5-10,15H2. The van der Waals surface area contributed by atoms with Crippen LogP contribution in [0.1, 0.15) is 12.8 Å². The molecule has 1 fully saturated rings. The molecule has 0 aromatic heterocycles. The van der Waals surface area contributed by atoms with Gasteiger partial charge in [0.1, 0.15) is 10.7 Å². The van der Waals surface area contributed by atoms with Crippen LogP contribution >= 0.6 is 0 Å². The molecule has 1 saturated heterocycles. The summed E-state index contributed by atoms with van der Waals surface area (Å²) in [5.74, 6) is -0.714. The molecule has 0 aliphatic carbocycles. The lowest BCUT2D eigenvalue weighted by atomic mass is 10.1. The van der Waals surface area contributed by atoms with Crippen molar-refractivity contribution in [2.75, 3.05) is 26.2 Å². The highest BCUT2D eigenvalue weighted by atomic mass is 32.2. The molecule has 0 saturated carbocycles. The molecule has 1 aromatic carbocycles. The number of hydrogen-bond acceptors (Lipinski definition) is 4. The average Bonchev–Trinajstić information content (AvgIpc) is 2.46. The fourth-order valence-electron chi connectivity index (χ4n) is 2.27. The van der Waals surface area contributed by atoms with Crippen LogP contribution in [0.25, 0.3) is 0 Å². The summed E-state index contributed by atoms with van der Waals surface area (Å²) < 4.78 is 45.2. The number of benzene rings is 1. The average molecular weight is 302 g/mol. The maximum atomic E-state index is 13.6. The molecule has 0 amide bonds. The summed E-state index contributed by atoms with van der Waals surface area (Å²) in [5, 5.41) is 0. The van der Waals surface area contributed by atoms with Gasteiger partial charge in [-0.05, 0) is 25.0 Å². The molecule has 1 aromatic rings. The van der Waals surface area contributed by atoms with Gasteiger partial charge in [0.2, 0.25) is 10.0 Å². The molecule has 0 unspecified atom stereocenters. The SMILES string of the molecule is NCCOC1CCN(S(=O)(=O)c2ccccc2F)CC1. The van der Waals surface area contributed by atoms with Gasteiger partial charge in [-0.15, -0.1) is 0 Å². The molecule has 112 valence electrons. The molecule has 1 aliphatic heterocycles. The predicted molar refractivity (Wildman–Crippen MR) is 73.2 cm³/mol. The van der Waals surface area contributed by atoms with E-state index in [1.54, 1.807) is 0 Å². The first-order valence-electron chi connectivity index (χ1n) is 6.62. The lowest BCUT2D eigenvalue weighted by Gasteiger charge is -2.31. The number of nitrogens with two attached hydrogens (primary N) is 1. The van der Waals surface area contributed by atoms with Crippen LogP contribution in [0.5, 0.6) is 0 Å². The molecule has 1 heterocycles. The number of nitrogens with zero attached hydrogens (tertiary/aromatic N) is 1. The molecule has 0 atom stereocenters. The highest BCUT2D eigenvalue weighted by Gasteiger charge is 2.31. The predicted octanol–water partition coefficient (Wildman–Crippen LogP) is 0.954. The van der Waals surface area contributed by atoms with Gasteiger partial charge in [0.05, 0.1) is 12.7 Å². The first kappa shape index (κ1) is 15.4. The van der Waals surface area contributed by atoms with E-state index in [4.69, 9.17) is 10.5 Å². The Morgan fingerprint density at radius 3 is 2.55 bits per heavy atom. The van der Waals surface area contributed by atoms with E-state index in [1.165, 1.54) is 22.5 Å². The topological polar surface area (TPSA) is 72.6 Å². The van der Waals surface area contributed by atoms with Gasteiger partial charge in [0.25, 0.3) is 0 Å². The number of halogens is 1. The number of rotatable bonds is 5. The third-order valence-electron chi connectivity index (χ3n) is 3.33. The number of piperidine rings is 1. The first-order valence-corrected chi connectivity index (χ1v) is 8.06. The van der Waals surface area contributed by atoms with Gasteiger partial charge in [-0.25, -0.2) is 12.8 Å². The minimum atomic E-state index is -3.76. The van der Waals surface area contributed by atoms with Crippen LogP contribution in [0.15, 0.2) is 29.2 Å². The van der Waals surface area contributed by atoms with Gasteiger partial charge >= 0.3 is 0 Å². The van der Waals surface area contributed by atoms with Crippen LogP contribution in [-0.2, 0) is 14.8 Å². The van der Waals surface area contributed by atoms with Crippen molar-refractivity contribution in [3.63, 3.8) is 0 Å². The second kappa shape index (κ2) is 6.62. The van der Waals surface area contributed by atoms with E-state index < -0.39 is 15.8 Å². The van der Waals surface area contributed by atoms with Crippen molar-refractivity contribution in [1.29, 1.82) is 0 Å². The maximum absolute atomic E-state index is 13.6. The summed E-state index contributed by atoms with van der Waals surface area (Å²) in [6, 6.07) is 5.44. The highest BCUT2D eigenvalue weighted by molar-refractivity contribution is 7.89. The van der Waals surface area contributed by atoms with Gasteiger partial charge in [0, 0.05) is 19.6 Å². The van der Waals surface area contributed by atoms with E-state index in [0.717, 1.165) is 6.07 Å². The van der Waals surface area contributed by atoms with E-state index >= 15 is 0 Å². The number of ether oxygens (including phenoxy) is 1. The Hall–Kier alpha value is -1.02. The number of hydrogen-bond donors (Lipinski definition) is 1. The molecule has 2 rings (SSSR count). The van der Waals surface area contributed by atoms with Crippen LogP contribution in [0, 0.1) is 5.82 Å². The second-order valence-electron chi connectivity index (χ2n) is 4.69. The Morgan fingerprint density at radius 2 is 1.95 bits per heavy atom.